The lowest BCUT2D eigenvalue weighted by Crippen LogP contribution is -2.45. The summed E-state index contributed by atoms with van der Waals surface area (Å²) in [6.45, 7) is 4.76. The molecular weight excluding hydrogens is 145 g/mol. The Morgan fingerprint density at radius 2 is 2.25 bits per heavy atom. The van der Waals surface area contributed by atoms with E-state index in [0.29, 0.717) is 0 Å². The maximum absolute atomic E-state index is 2.60. The summed E-state index contributed by atoms with van der Waals surface area (Å²) in [7, 11) is 2.31. The van der Waals surface area contributed by atoms with Crippen molar-refractivity contribution in [2.45, 2.75) is 50.7 Å². The third kappa shape index (κ3) is 1.30. The van der Waals surface area contributed by atoms with Crippen LogP contribution in [0.2, 0.25) is 18.5 Å². The molecule has 2 fully saturated rings. The van der Waals surface area contributed by atoms with Gasteiger partial charge in [0.15, 0.2) is 0 Å². The van der Waals surface area contributed by atoms with Crippen molar-refractivity contribution in [3.05, 3.63) is 0 Å². The van der Waals surface area contributed by atoms with E-state index >= 15 is 0 Å². The molecule has 0 radical (unpaired) electrons. The molecule has 2 heteroatoms. The molecule has 1 heterocycles. The number of rotatable bonds is 1. The topological polar surface area (TPSA) is 3.24 Å². The Kier molecular flexibility index (Phi) is 2.45. The van der Waals surface area contributed by atoms with Crippen LogP contribution in [0.4, 0.5) is 0 Å². The molecule has 1 unspecified atom stereocenters. The van der Waals surface area contributed by atoms with Gasteiger partial charge >= 0.3 is 0 Å². The summed E-state index contributed by atoms with van der Waals surface area (Å²) in [6, 6.07) is 0.948. The van der Waals surface area contributed by atoms with Gasteiger partial charge in [-0.1, -0.05) is 32.4 Å². The van der Waals surface area contributed by atoms with Gasteiger partial charge in [-0.05, 0) is 25.8 Å². The molecule has 12 heavy (non-hydrogen) atoms. The van der Waals surface area contributed by atoms with Gasteiger partial charge in [-0.25, -0.2) is 0 Å². The minimum absolute atomic E-state index is 0.948. The van der Waals surface area contributed by atoms with Gasteiger partial charge in [0.2, 0.25) is 0 Å². The average molecular weight is 165 g/mol. The first-order valence-electron chi connectivity index (χ1n) is 5.53. The largest absolute Gasteiger partial charge is 0.305 e. The maximum atomic E-state index is 2.60. The zero-order valence-corrected chi connectivity index (χ0v) is 8.42. The van der Waals surface area contributed by atoms with E-state index in [1.54, 1.807) is 0 Å². The first kappa shape index (κ1) is 8.62. The molecule has 0 aromatic heterocycles. The highest BCUT2D eigenvalue weighted by molar-refractivity contribution is 6.61. The molecule has 0 aromatic carbocycles. The standard InChI is InChI=1S/C10H20BN/c1-3-11-7-8-12(2)10-6-4-5-9(10)11/h9-10H,3-8H2,1-2H3/t9-,10?/m0/s1. The number of hydrogen-bond donors (Lipinski definition) is 0. The van der Waals surface area contributed by atoms with Crippen LogP contribution < -0.4 is 0 Å². The van der Waals surface area contributed by atoms with Crippen molar-refractivity contribution in [1.82, 2.24) is 4.90 Å². The second-order valence-corrected chi connectivity index (χ2v) is 4.60. The molecule has 68 valence electrons. The predicted octanol–water partition coefficient (Wildman–Crippen LogP) is 2.37. The van der Waals surface area contributed by atoms with E-state index in [2.05, 4.69) is 18.9 Å². The van der Waals surface area contributed by atoms with Gasteiger partial charge in [-0.3, -0.25) is 0 Å². The summed E-state index contributed by atoms with van der Waals surface area (Å²) < 4.78 is 0. The van der Waals surface area contributed by atoms with Crippen LogP contribution in [0.1, 0.15) is 26.2 Å². The van der Waals surface area contributed by atoms with Crippen molar-refractivity contribution in [3.63, 3.8) is 0 Å². The maximum Gasteiger partial charge on any atom is 0.146 e. The van der Waals surface area contributed by atoms with Crippen LogP contribution in [0.5, 0.6) is 0 Å². The summed E-state index contributed by atoms with van der Waals surface area (Å²) in [5.74, 6) is 1.05. The quantitative estimate of drug-likeness (QED) is 0.539. The molecule has 1 aliphatic carbocycles. The molecule has 0 spiro atoms. The third-order valence-electron chi connectivity index (χ3n) is 4.08. The van der Waals surface area contributed by atoms with Crippen LogP contribution in [0, 0.1) is 0 Å². The molecule has 1 aliphatic heterocycles. The van der Waals surface area contributed by atoms with Crippen LogP contribution >= 0.6 is 0 Å². The summed E-state index contributed by atoms with van der Waals surface area (Å²) in [5, 5.41) is 0. The highest BCUT2D eigenvalue weighted by atomic mass is 15.1. The highest BCUT2D eigenvalue weighted by Gasteiger charge is 2.39. The molecule has 2 rings (SSSR count). The van der Waals surface area contributed by atoms with Crippen LogP contribution in [-0.2, 0) is 0 Å². The Morgan fingerprint density at radius 1 is 1.42 bits per heavy atom. The molecule has 0 amide bonds. The second-order valence-electron chi connectivity index (χ2n) is 4.60. The van der Waals surface area contributed by atoms with Gasteiger partial charge in [0.25, 0.3) is 0 Å². The molecule has 0 bridgehead atoms. The summed E-state index contributed by atoms with van der Waals surface area (Å²) in [5.41, 5.74) is 0. The molecule has 1 saturated carbocycles. The Hall–Kier alpha value is 0.0249. The monoisotopic (exact) mass is 165 g/mol. The van der Waals surface area contributed by atoms with Crippen molar-refractivity contribution in [2.24, 2.45) is 0 Å². The van der Waals surface area contributed by atoms with E-state index in [4.69, 9.17) is 0 Å². The van der Waals surface area contributed by atoms with Gasteiger partial charge in [-0.2, -0.15) is 0 Å². The first-order valence-corrected chi connectivity index (χ1v) is 5.53. The van der Waals surface area contributed by atoms with E-state index < -0.39 is 0 Å². The Bertz CT molecular complexity index is 160. The Morgan fingerprint density at radius 3 is 3.00 bits per heavy atom. The zero-order chi connectivity index (χ0) is 8.55. The summed E-state index contributed by atoms with van der Waals surface area (Å²) in [6.07, 6.45) is 7.32. The number of nitrogens with zero attached hydrogens (tertiary/aromatic N) is 1. The molecule has 1 nitrogen and oxygen atoms in total. The van der Waals surface area contributed by atoms with Gasteiger partial charge < -0.3 is 4.90 Å². The Balaban J connectivity index is 2.06. The smallest absolute Gasteiger partial charge is 0.146 e. The minimum atomic E-state index is 0.948. The fraction of sp³-hybridized carbons (Fsp3) is 1.00. The second kappa shape index (κ2) is 3.41. The van der Waals surface area contributed by atoms with E-state index in [-0.39, 0.29) is 0 Å². The van der Waals surface area contributed by atoms with E-state index in [1.165, 1.54) is 38.4 Å². The molecule has 0 aromatic rings. The van der Waals surface area contributed by atoms with Crippen molar-refractivity contribution in [2.75, 3.05) is 13.6 Å². The van der Waals surface area contributed by atoms with E-state index in [1.807, 2.05) is 0 Å². The fourth-order valence-electron chi connectivity index (χ4n) is 3.32. The van der Waals surface area contributed by atoms with E-state index in [0.717, 1.165) is 18.6 Å². The Labute approximate surface area is 76.6 Å². The highest BCUT2D eigenvalue weighted by Crippen LogP contribution is 2.41. The molecule has 2 atom stereocenters. The van der Waals surface area contributed by atoms with E-state index in [9.17, 15) is 0 Å². The van der Waals surface area contributed by atoms with Gasteiger partial charge in [0.1, 0.15) is 6.71 Å². The molecule has 2 aliphatic rings. The van der Waals surface area contributed by atoms with Gasteiger partial charge in [-0.15, -0.1) is 0 Å². The van der Waals surface area contributed by atoms with Gasteiger partial charge in [0.05, 0.1) is 0 Å². The summed E-state index contributed by atoms with van der Waals surface area (Å²) in [4.78, 5) is 2.60. The lowest BCUT2D eigenvalue weighted by atomic mass is 9.35. The third-order valence-corrected chi connectivity index (χ3v) is 4.08. The van der Waals surface area contributed by atoms with Crippen molar-refractivity contribution < 1.29 is 0 Å². The SMILES string of the molecule is CCB1CCN(C)C2CCC[C@H]12. The fourth-order valence-corrected chi connectivity index (χ4v) is 3.32. The van der Waals surface area contributed by atoms with Crippen molar-refractivity contribution >= 4 is 6.71 Å². The molecule has 1 saturated heterocycles. The zero-order valence-electron chi connectivity index (χ0n) is 8.42. The predicted molar refractivity (Wildman–Crippen MR) is 55.1 cm³/mol. The molecular formula is C10H20BN. The van der Waals surface area contributed by atoms with Crippen LogP contribution in [-0.4, -0.2) is 31.2 Å². The van der Waals surface area contributed by atoms with Crippen LogP contribution in [0.3, 0.4) is 0 Å². The lowest BCUT2D eigenvalue weighted by Gasteiger charge is -2.38. The normalized spacial score (nSPS) is 37.0. The van der Waals surface area contributed by atoms with Crippen LogP contribution in [0.25, 0.3) is 0 Å². The number of fused-ring (bicyclic) bond motifs is 1. The number of hydrogen-bond acceptors (Lipinski definition) is 1. The van der Waals surface area contributed by atoms with Crippen LogP contribution in [0.15, 0.2) is 0 Å². The average Bonchev–Trinajstić information content (AvgIpc) is 2.54. The minimum Gasteiger partial charge on any atom is -0.305 e. The lowest BCUT2D eigenvalue weighted by molar-refractivity contribution is 0.242. The molecule has 0 N–H and O–H groups in total. The van der Waals surface area contributed by atoms with Crippen molar-refractivity contribution in [3.8, 4) is 0 Å². The summed E-state index contributed by atoms with van der Waals surface area (Å²) >= 11 is 0. The van der Waals surface area contributed by atoms with Crippen molar-refractivity contribution in [1.29, 1.82) is 0 Å². The first-order chi connectivity index (χ1) is 5.83. The van der Waals surface area contributed by atoms with Gasteiger partial charge in [0, 0.05) is 6.04 Å².